The molecule has 0 bridgehead atoms. The SMILES string of the molecule is C[C@H](NC(=O)[C@@H](NC(=O)[C@@H](N)CCCCN)[C@@H](O)CN)C(=O)NCC(=O)N[C@H](CCCN)C(=O)N1C[C@H](O)C[C@H]1C(=O)NC1(C(=O)N[C@@H](CCCCN)C(=O)N/C(=C\CCN=C(N)N)C(=O)O)CC1c1cnc[nH]1. The first-order chi connectivity index (χ1) is 35.1. The van der Waals surface area contributed by atoms with Crippen molar-refractivity contribution >= 4 is 59.2 Å². The number of aliphatic carboxylic acids is 1. The van der Waals surface area contributed by atoms with Crippen LogP contribution in [0.25, 0.3) is 0 Å². The van der Waals surface area contributed by atoms with E-state index in [1.165, 1.54) is 25.5 Å². The zero-order valence-corrected chi connectivity index (χ0v) is 41.6. The van der Waals surface area contributed by atoms with Gasteiger partial charge in [0.1, 0.15) is 41.4 Å². The van der Waals surface area contributed by atoms with Crippen molar-refractivity contribution in [2.75, 3.05) is 45.8 Å². The molecule has 2 heterocycles. The number of nitrogens with zero attached hydrogens (tertiary/aromatic N) is 3. The summed E-state index contributed by atoms with van der Waals surface area (Å²) in [6.45, 7) is 0.558. The van der Waals surface area contributed by atoms with Crippen LogP contribution >= 0.6 is 0 Å². The van der Waals surface area contributed by atoms with Crippen molar-refractivity contribution in [1.29, 1.82) is 0 Å². The molecule has 1 saturated heterocycles. The number of carbonyl (C=O) groups excluding carboxylic acids is 8. The van der Waals surface area contributed by atoms with E-state index >= 15 is 0 Å². The minimum atomic E-state index is -1.73. The van der Waals surface area contributed by atoms with Gasteiger partial charge in [0.2, 0.25) is 47.3 Å². The van der Waals surface area contributed by atoms with Crippen LogP contribution in [0.1, 0.15) is 89.2 Å². The second kappa shape index (κ2) is 30.4. The Hall–Kier alpha value is -6.83. The molecule has 0 spiro atoms. The summed E-state index contributed by atoms with van der Waals surface area (Å²) >= 11 is 0. The van der Waals surface area contributed by atoms with Gasteiger partial charge >= 0.3 is 5.97 Å². The van der Waals surface area contributed by atoms with E-state index in [0.717, 1.165) is 4.90 Å². The first kappa shape index (κ1) is 61.5. The predicted molar refractivity (Wildman–Crippen MR) is 266 cm³/mol. The molecular weight excluding hydrogens is 973 g/mol. The summed E-state index contributed by atoms with van der Waals surface area (Å²) in [5, 5.41) is 48.4. The molecule has 3 rings (SSSR count). The monoisotopic (exact) mass is 1050 g/mol. The maximum Gasteiger partial charge on any atom is 0.352 e. The van der Waals surface area contributed by atoms with E-state index in [2.05, 4.69) is 52.2 Å². The minimum Gasteiger partial charge on any atom is -0.477 e. The second-order valence-corrected chi connectivity index (χ2v) is 18.1. The fourth-order valence-electron chi connectivity index (χ4n) is 8.10. The van der Waals surface area contributed by atoms with Gasteiger partial charge in [0, 0.05) is 43.9 Å². The van der Waals surface area contributed by atoms with Crippen LogP contribution in [0.2, 0.25) is 0 Å². The number of rotatable bonds is 33. The van der Waals surface area contributed by atoms with Crippen molar-refractivity contribution in [2.24, 2.45) is 45.1 Å². The molecule has 0 radical (unpaired) electrons. The predicted octanol–water partition coefficient (Wildman–Crippen LogP) is -7.82. The normalized spacial score (nSPS) is 20.6. The van der Waals surface area contributed by atoms with Gasteiger partial charge in [-0.15, -0.1) is 0 Å². The average molecular weight is 1050 g/mol. The van der Waals surface area contributed by atoms with Crippen molar-refractivity contribution in [1.82, 2.24) is 52.1 Å². The number of aliphatic imine (C=N–C) groups is 1. The quantitative estimate of drug-likeness (QED) is 0.0135. The molecule has 74 heavy (non-hydrogen) atoms. The number of aliphatic hydroxyl groups is 2. The Balaban J connectivity index is 1.76. The zero-order chi connectivity index (χ0) is 55.1. The number of carboxylic acid groups (broad SMARTS) is 1. The van der Waals surface area contributed by atoms with Crippen LogP contribution in [-0.2, 0) is 43.2 Å². The summed E-state index contributed by atoms with van der Waals surface area (Å²) in [6.07, 6.45) is 3.41. The molecule has 1 aliphatic carbocycles. The largest absolute Gasteiger partial charge is 0.477 e. The smallest absolute Gasteiger partial charge is 0.352 e. The number of nitrogens with two attached hydrogens (primary N) is 7. The summed E-state index contributed by atoms with van der Waals surface area (Å²) in [5.41, 5.74) is 37.3. The number of likely N-dealkylation sites (tertiary alicyclic amines) is 1. The molecule has 8 amide bonds. The number of nitrogens with one attached hydrogen (secondary N) is 8. The highest BCUT2D eigenvalue weighted by atomic mass is 16.4. The van der Waals surface area contributed by atoms with Crippen LogP contribution in [0.3, 0.4) is 0 Å². The van der Waals surface area contributed by atoms with E-state index in [1.807, 2.05) is 0 Å². The number of H-pyrrole nitrogens is 1. The van der Waals surface area contributed by atoms with Gasteiger partial charge in [0.05, 0.1) is 31.1 Å². The molecule has 414 valence electrons. The number of β-amino-alcohol motifs (C(OH)–C–C–N with tert-alkyl or cyclic N) is 1. The fourth-order valence-corrected chi connectivity index (χ4v) is 8.10. The van der Waals surface area contributed by atoms with Crippen LogP contribution in [0, 0.1) is 0 Å². The van der Waals surface area contributed by atoms with E-state index < -0.39 is 132 Å². The van der Waals surface area contributed by atoms with Crippen molar-refractivity contribution in [2.45, 2.75) is 137 Å². The van der Waals surface area contributed by atoms with Gasteiger partial charge < -0.3 is 103 Å². The number of guanidine groups is 1. The molecule has 0 aromatic carbocycles. The summed E-state index contributed by atoms with van der Waals surface area (Å²) in [5.74, 6) is -9.18. The number of aromatic amines is 1. The van der Waals surface area contributed by atoms with E-state index in [1.54, 1.807) is 0 Å². The lowest BCUT2D eigenvalue weighted by Gasteiger charge is -2.30. The van der Waals surface area contributed by atoms with Crippen LogP contribution in [0.4, 0.5) is 0 Å². The summed E-state index contributed by atoms with van der Waals surface area (Å²) in [6, 6.07) is -7.94. The Labute approximate surface area is 427 Å². The Morgan fingerprint density at radius 2 is 1.54 bits per heavy atom. The molecule has 25 N–H and O–H groups in total. The van der Waals surface area contributed by atoms with Crippen LogP contribution in [0.15, 0.2) is 29.3 Å². The van der Waals surface area contributed by atoms with Gasteiger partial charge in [-0.2, -0.15) is 0 Å². The second-order valence-electron chi connectivity index (χ2n) is 18.1. The van der Waals surface area contributed by atoms with Gasteiger partial charge in [0.15, 0.2) is 5.96 Å². The first-order valence-corrected chi connectivity index (χ1v) is 24.5. The highest BCUT2D eigenvalue weighted by Crippen LogP contribution is 2.51. The van der Waals surface area contributed by atoms with E-state index in [-0.39, 0.29) is 77.1 Å². The number of hydrogen-bond acceptors (Lipinski definition) is 18. The Morgan fingerprint density at radius 1 is 0.878 bits per heavy atom. The van der Waals surface area contributed by atoms with Gasteiger partial charge in [-0.05, 0) is 84.3 Å². The standard InChI is InChI=1S/C44H76N18O12/c1-23(56-39(70)34(32(64)18-48)60-36(67)26(49)8-2-4-12-45)35(66)54-20-33(65)57-28(10-6-14-47)40(71)62-21-24(63)16-31(62)38(69)61-44(17-25(44)30-19-52-22-55-30)42(74)59-27(9-3-5-13-46)37(68)58-29(41(72)73)11-7-15-53-43(50)51/h11,19,22-28,31-32,34,63-64H,2-10,12-18,20-21,45-49H2,1H3,(H,52,55)(H,54,66)(H,56,70)(H,57,65)(H,58,68)(H,59,74)(H,60,67)(H,61,69)(H,72,73)(H4,50,51,53)/b29-11-/t23-,24+,25?,26-,27-,28+,31-,32-,34-,44?/m0/s1. The number of amides is 8. The molecule has 1 aromatic heterocycles. The number of aromatic nitrogens is 2. The average Bonchev–Trinajstić information content (AvgIpc) is 3.61. The lowest BCUT2D eigenvalue weighted by atomic mass is 10.0. The molecule has 30 heteroatoms. The first-order valence-electron chi connectivity index (χ1n) is 24.5. The minimum absolute atomic E-state index is 0.00112. The summed E-state index contributed by atoms with van der Waals surface area (Å²) in [4.78, 5) is 133. The summed E-state index contributed by atoms with van der Waals surface area (Å²) < 4.78 is 0. The lowest BCUT2D eigenvalue weighted by molar-refractivity contribution is -0.142. The van der Waals surface area contributed by atoms with Crippen molar-refractivity contribution in [3.63, 3.8) is 0 Å². The molecule has 1 aliphatic heterocycles. The molecule has 2 unspecified atom stereocenters. The Morgan fingerprint density at radius 3 is 2.15 bits per heavy atom. The molecule has 1 aromatic rings. The van der Waals surface area contributed by atoms with Crippen LogP contribution in [0.5, 0.6) is 0 Å². The van der Waals surface area contributed by atoms with Gasteiger partial charge in [-0.3, -0.25) is 43.3 Å². The molecule has 1 saturated carbocycles. The third-order valence-corrected chi connectivity index (χ3v) is 12.3. The molecule has 2 fully saturated rings. The van der Waals surface area contributed by atoms with Crippen molar-refractivity contribution < 1.29 is 58.5 Å². The Bertz CT molecular complexity index is 2140. The number of imidazole rings is 1. The molecule has 2 aliphatic rings. The number of carboxylic acids is 1. The van der Waals surface area contributed by atoms with E-state index in [0.29, 0.717) is 37.9 Å². The Kier molecular flexibility index (Phi) is 25.2. The number of aliphatic hydroxyl groups excluding tert-OH is 2. The molecule has 30 nitrogen and oxygen atoms in total. The number of unbranched alkanes of at least 4 members (excludes halogenated alkanes) is 2. The van der Waals surface area contributed by atoms with E-state index in [9.17, 15) is 58.5 Å². The number of carbonyl (C=O) groups is 9. The molecular formula is C44H76N18O12. The van der Waals surface area contributed by atoms with Gasteiger partial charge in [0.25, 0.3) is 0 Å². The topological polar surface area (TPSA) is 525 Å². The maximum atomic E-state index is 14.4. The van der Waals surface area contributed by atoms with Crippen molar-refractivity contribution in [3.05, 3.63) is 30.0 Å². The zero-order valence-electron chi connectivity index (χ0n) is 41.6. The summed E-state index contributed by atoms with van der Waals surface area (Å²) in [7, 11) is 0. The van der Waals surface area contributed by atoms with Gasteiger partial charge in [-0.25, -0.2) is 9.78 Å². The molecule has 10 atom stereocenters. The van der Waals surface area contributed by atoms with E-state index in [4.69, 9.17) is 40.1 Å². The lowest BCUT2D eigenvalue weighted by Crippen LogP contribution is -2.60. The fraction of sp³-hybridized carbons (Fsp3) is 0.659. The van der Waals surface area contributed by atoms with Crippen LogP contribution < -0.4 is 77.4 Å². The highest BCUT2D eigenvalue weighted by molar-refractivity contribution is 6.02. The van der Waals surface area contributed by atoms with Crippen LogP contribution in [-0.4, -0.2) is 189 Å². The highest BCUT2D eigenvalue weighted by Gasteiger charge is 2.63. The number of hydrogen-bond donors (Lipinski definition) is 18. The maximum absolute atomic E-state index is 14.4. The van der Waals surface area contributed by atoms with Crippen molar-refractivity contribution in [3.8, 4) is 0 Å². The van der Waals surface area contributed by atoms with Gasteiger partial charge in [-0.1, -0.05) is 12.5 Å². The third kappa shape index (κ3) is 18.6. The third-order valence-electron chi connectivity index (χ3n) is 12.3.